The van der Waals surface area contributed by atoms with Gasteiger partial charge in [0.1, 0.15) is 15.7 Å². The monoisotopic (exact) mass is 473 g/mol. The van der Waals surface area contributed by atoms with Gasteiger partial charge in [-0.25, -0.2) is 18.1 Å². The summed E-state index contributed by atoms with van der Waals surface area (Å²) in [6, 6.07) is 12.3. The Bertz CT molecular complexity index is 1190. The molecular weight excluding hydrogens is 446 g/mol. The lowest BCUT2D eigenvalue weighted by Crippen LogP contribution is -2.31. The van der Waals surface area contributed by atoms with E-state index in [1.165, 1.54) is 24.8 Å². The maximum atomic E-state index is 12.6. The summed E-state index contributed by atoms with van der Waals surface area (Å²) in [6.45, 7) is 5.88. The molecule has 2 N–H and O–H groups in total. The second kappa shape index (κ2) is 10.2. The number of nitrogens with zero attached hydrogens (tertiary/aromatic N) is 1. The van der Waals surface area contributed by atoms with Crippen molar-refractivity contribution in [1.82, 2.24) is 15.0 Å². The molecule has 0 bridgehead atoms. The number of benzene rings is 2. The summed E-state index contributed by atoms with van der Waals surface area (Å²) in [4.78, 5) is 17.2. The van der Waals surface area contributed by atoms with Crippen molar-refractivity contribution >= 4 is 27.3 Å². The number of hydrogen-bond donors (Lipinski definition) is 2. The van der Waals surface area contributed by atoms with Crippen LogP contribution in [-0.2, 0) is 16.4 Å². The van der Waals surface area contributed by atoms with E-state index in [4.69, 9.17) is 4.74 Å². The van der Waals surface area contributed by atoms with Gasteiger partial charge in [-0.15, -0.1) is 11.3 Å². The summed E-state index contributed by atoms with van der Waals surface area (Å²) in [5.41, 5.74) is 3.40. The van der Waals surface area contributed by atoms with E-state index >= 15 is 0 Å². The van der Waals surface area contributed by atoms with Crippen molar-refractivity contribution in [2.45, 2.75) is 38.1 Å². The highest BCUT2D eigenvalue weighted by molar-refractivity contribution is 7.89. The van der Waals surface area contributed by atoms with E-state index in [1.807, 2.05) is 24.4 Å². The number of hydrogen-bond acceptors (Lipinski definition) is 6. The Hall–Kier alpha value is -2.75. The molecule has 170 valence electrons. The molecule has 0 spiro atoms. The predicted octanol–water partition coefficient (Wildman–Crippen LogP) is 3.79. The Balaban J connectivity index is 1.65. The van der Waals surface area contributed by atoms with E-state index in [1.54, 1.807) is 31.3 Å². The topological polar surface area (TPSA) is 97.4 Å². The molecule has 1 aromatic heterocycles. The number of nitrogens with one attached hydrogen (secondary N) is 2. The van der Waals surface area contributed by atoms with Gasteiger partial charge in [0, 0.05) is 35.5 Å². The largest absolute Gasteiger partial charge is 0.495 e. The summed E-state index contributed by atoms with van der Waals surface area (Å²) in [7, 11) is -2.42. The van der Waals surface area contributed by atoms with E-state index in [9.17, 15) is 13.2 Å². The van der Waals surface area contributed by atoms with Gasteiger partial charge >= 0.3 is 0 Å². The van der Waals surface area contributed by atoms with Gasteiger partial charge in [-0.05, 0) is 39.0 Å². The normalized spacial score (nSPS) is 11.5. The number of aryl methyl sites for hydroxylation is 1. The molecule has 9 heteroatoms. The van der Waals surface area contributed by atoms with Crippen molar-refractivity contribution in [2.24, 2.45) is 0 Å². The molecule has 0 aliphatic heterocycles. The minimum Gasteiger partial charge on any atom is -0.495 e. The Morgan fingerprint density at radius 1 is 1.16 bits per heavy atom. The molecule has 0 saturated heterocycles. The van der Waals surface area contributed by atoms with Crippen LogP contribution in [0.25, 0.3) is 10.6 Å². The van der Waals surface area contributed by atoms with Crippen LogP contribution in [0.3, 0.4) is 0 Å². The lowest BCUT2D eigenvalue weighted by atomic mass is 10.2. The molecule has 0 fully saturated rings. The number of carbonyl (C=O) groups excluding carboxylic acids is 1. The van der Waals surface area contributed by atoms with Gasteiger partial charge in [-0.1, -0.05) is 29.8 Å². The van der Waals surface area contributed by atoms with Gasteiger partial charge in [0.25, 0.3) is 5.91 Å². The molecule has 0 aliphatic rings. The number of ether oxygens (including phenoxy) is 1. The van der Waals surface area contributed by atoms with Crippen LogP contribution in [0.5, 0.6) is 5.75 Å². The third-order valence-electron chi connectivity index (χ3n) is 4.62. The summed E-state index contributed by atoms with van der Waals surface area (Å²) in [5, 5.41) is 5.75. The lowest BCUT2D eigenvalue weighted by Gasteiger charge is -2.14. The molecule has 2 aromatic carbocycles. The molecule has 0 unspecified atom stereocenters. The minimum absolute atomic E-state index is 0.0661. The van der Waals surface area contributed by atoms with Crippen LogP contribution in [-0.4, -0.2) is 39.0 Å². The first kappa shape index (κ1) is 23.9. The minimum atomic E-state index is -3.81. The number of sulfonamides is 1. The average molecular weight is 474 g/mol. The summed E-state index contributed by atoms with van der Waals surface area (Å²) >= 11 is 1.57. The predicted molar refractivity (Wildman–Crippen MR) is 127 cm³/mol. The zero-order valence-electron chi connectivity index (χ0n) is 18.5. The molecule has 3 aromatic rings. The standard InChI is InChI=1S/C23H27N3O4S2/c1-15(2)26-32(28,29)21-13-18(9-10-20(21)30-4)22(27)24-12-11-19-14-31-23(25-19)17-7-5-16(3)6-8-17/h5-10,13-15,26H,11-12H2,1-4H3,(H,24,27). The SMILES string of the molecule is COc1ccc(C(=O)NCCc2csc(-c3ccc(C)cc3)n2)cc1S(=O)(=O)NC(C)C. The van der Waals surface area contributed by atoms with Crippen LogP contribution in [0.2, 0.25) is 0 Å². The van der Waals surface area contributed by atoms with Crippen LogP contribution < -0.4 is 14.8 Å². The Morgan fingerprint density at radius 3 is 2.53 bits per heavy atom. The first-order valence-corrected chi connectivity index (χ1v) is 12.6. The first-order chi connectivity index (χ1) is 15.2. The summed E-state index contributed by atoms with van der Waals surface area (Å²) in [6.07, 6.45) is 0.574. The highest BCUT2D eigenvalue weighted by Gasteiger charge is 2.22. The van der Waals surface area contributed by atoms with Gasteiger partial charge in [0.05, 0.1) is 12.8 Å². The van der Waals surface area contributed by atoms with Gasteiger partial charge in [-0.3, -0.25) is 4.79 Å². The third-order valence-corrected chi connectivity index (χ3v) is 7.24. The average Bonchev–Trinajstić information content (AvgIpc) is 3.21. The van der Waals surface area contributed by atoms with Crippen LogP contribution >= 0.6 is 11.3 Å². The molecule has 1 amide bonds. The lowest BCUT2D eigenvalue weighted by molar-refractivity contribution is 0.0954. The fraction of sp³-hybridized carbons (Fsp3) is 0.304. The van der Waals surface area contributed by atoms with Crippen molar-refractivity contribution in [3.05, 3.63) is 64.7 Å². The third kappa shape index (κ3) is 5.93. The zero-order valence-corrected chi connectivity index (χ0v) is 20.1. The van der Waals surface area contributed by atoms with Crippen molar-refractivity contribution in [3.63, 3.8) is 0 Å². The smallest absolute Gasteiger partial charge is 0.251 e. The molecule has 32 heavy (non-hydrogen) atoms. The number of carbonyl (C=O) groups is 1. The van der Waals surface area contributed by atoms with Crippen LogP contribution in [0.1, 0.15) is 35.5 Å². The van der Waals surface area contributed by atoms with Crippen molar-refractivity contribution in [2.75, 3.05) is 13.7 Å². The van der Waals surface area contributed by atoms with Crippen molar-refractivity contribution in [3.8, 4) is 16.3 Å². The second-order valence-electron chi connectivity index (χ2n) is 7.66. The maximum absolute atomic E-state index is 12.6. The Morgan fingerprint density at radius 2 is 1.88 bits per heavy atom. The second-order valence-corrected chi connectivity index (χ2v) is 10.2. The molecule has 0 saturated carbocycles. The van der Waals surface area contributed by atoms with Gasteiger partial charge < -0.3 is 10.1 Å². The number of amides is 1. The molecule has 0 radical (unpaired) electrons. The number of rotatable bonds is 9. The van der Waals surface area contributed by atoms with Gasteiger partial charge in [0.15, 0.2) is 0 Å². The highest BCUT2D eigenvalue weighted by atomic mass is 32.2. The van der Waals surface area contributed by atoms with Crippen molar-refractivity contribution < 1.29 is 17.9 Å². The fourth-order valence-electron chi connectivity index (χ4n) is 3.06. The fourth-order valence-corrected chi connectivity index (χ4v) is 5.36. The quantitative estimate of drug-likeness (QED) is 0.493. The number of thiazole rings is 1. The maximum Gasteiger partial charge on any atom is 0.251 e. The molecule has 0 atom stereocenters. The summed E-state index contributed by atoms with van der Waals surface area (Å²) in [5.74, 6) is -0.177. The van der Waals surface area contributed by atoms with E-state index in [0.29, 0.717) is 13.0 Å². The molecule has 1 heterocycles. The molecule has 0 aliphatic carbocycles. The molecular formula is C23H27N3O4S2. The molecule has 3 rings (SSSR count). The van der Waals surface area contributed by atoms with Gasteiger partial charge in [-0.2, -0.15) is 0 Å². The Kier molecular flexibility index (Phi) is 7.65. The van der Waals surface area contributed by atoms with Crippen LogP contribution in [0.4, 0.5) is 0 Å². The molecule has 7 nitrogen and oxygen atoms in total. The van der Waals surface area contributed by atoms with E-state index in [-0.39, 0.29) is 28.2 Å². The highest BCUT2D eigenvalue weighted by Crippen LogP contribution is 2.26. The number of aromatic nitrogens is 1. The zero-order chi connectivity index (χ0) is 23.3. The van der Waals surface area contributed by atoms with E-state index in [0.717, 1.165) is 16.3 Å². The van der Waals surface area contributed by atoms with E-state index < -0.39 is 10.0 Å². The van der Waals surface area contributed by atoms with Crippen molar-refractivity contribution in [1.29, 1.82) is 0 Å². The van der Waals surface area contributed by atoms with Gasteiger partial charge in [0.2, 0.25) is 10.0 Å². The van der Waals surface area contributed by atoms with Crippen LogP contribution in [0.15, 0.2) is 52.7 Å². The Labute approximate surface area is 192 Å². The van der Waals surface area contributed by atoms with Crippen LogP contribution in [0, 0.1) is 6.92 Å². The summed E-state index contributed by atoms with van der Waals surface area (Å²) < 4.78 is 32.9. The first-order valence-electron chi connectivity index (χ1n) is 10.2. The van der Waals surface area contributed by atoms with E-state index in [2.05, 4.69) is 27.2 Å². The number of methoxy groups -OCH3 is 1.